The average Bonchev–Trinajstić information content (AvgIpc) is 2.48. The molecular formula is C9H3ClF3O2. The SMILES string of the molecule is FC(F)(F)Oc1cc(Cl)c2oc[c]c2c1. The number of hydrogen-bond acceptors (Lipinski definition) is 2. The number of furan rings is 1. The number of hydrogen-bond donors (Lipinski definition) is 0. The zero-order chi connectivity index (χ0) is 11.1. The number of fused-ring (bicyclic) bond motifs is 1. The highest BCUT2D eigenvalue weighted by Crippen LogP contribution is 2.32. The molecule has 0 unspecified atom stereocenters. The first-order valence-corrected chi connectivity index (χ1v) is 4.18. The van der Waals surface area contributed by atoms with Crippen LogP contribution in [0.1, 0.15) is 0 Å². The third-order valence-corrected chi connectivity index (χ3v) is 1.92. The second kappa shape index (κ2) is 3.34. The van der Waals surface area contributed by atoms with Gasteiger partial charge in [0, 0.05) is 17.5 Å². The molecule has 1 aromatic heterocycles. The van der Waals surface area contributed by atoms with Gasteiger partial charge in [-0.3, -0.25) is 0 Å². The van der Waals surface area contributed by atoms with Crippen molar-refractivity contribution in [1.82, 2.24) is 0 Å². The molecule has 1 heterocycles. The van der Waals surface area contributed by atoms with Crippen molar-refractivity contribution in [1.29, 1.82) is 0 Å². The molecule has 0 spiro atoms. The predicted molar refractivity (Wildman–Crippen MR) is 46.7 cm³/mol. The van der Waals surface area contributed by atoms with Gasteiger partial charge in [-0.05, 0) is 6.07 Å². The highest BCUT2D eigenvalue weighted by atomic mass is 35.5. The standard InChI is InChI=1S/C9H3ClF3O2/c10-7-4-6(15-9(11,12)13)3-5-1-2-14-8(5)7/h2-4H. The minimum atomic E-state index is -4.74. The molecule has 0 saturated carbocycles. The first-order valence-electron chi connectivity index (χ1n) is 3.80. The molecule has 6 heteroatoms. The molecule has 2 nitrogen and oxygen atoms in total. The van der Waals surface area contributed by atoms with Crippen molar-refractivity contribution in [3.8, 4) is 5.75 Å². The van der Waals surface area contributed by atoms with E-state index in [1.807, 2.05) is 0 Å². The lowest BCUT2D eigenvalue weighted by Gasteiger charge is -2.08. The maximum atomic E-state index is 11.9. The Kier molecular flexibility index (Phi) is 2.26. The summed E-state index contributed by atoms with van der Waals surface area (Å²) in [4.78, 5) is 0. The van der Waals surface area contributed by atoms with Crippen molar-refractivity contribution >= 4 is 22.6 Å². The largest absolute Gasteiger partial charge is 0.573 e. The Labute approximate surface area is 87.2 Å². The molecule has 2 rings (SSSR count). The molecule has 1 aromatic carbocycles. The van der Waals surface area contributed by atoms with E-state index in [9.17, 15) is 13.2 Å². The molecule has 1 radical (unpaired) electrons. The first-order chi connectivity index (χ1) is 6.96. The fourth-order valence-corrected chi connectivity index (χ4v) is 1.39. The first kappa shape index (κ1) is 10.2. The molecule has 0 saturated heterocycles. The maximum absolute atomic E-state index is 11.9. The molecule has 0 aliphatic carbocycles. The summed E-state index contributed by atoms with van der Waals surface area (Å²) in [6, 6.07) is 4.78. The van der Waals surface area contributed by atoms with E-state index in [2.05, 4.69) is 10.8 Å². The summed E-state index contributed by atoms with van der Waals surface area (Å²) in [7, 11) is 0. The van der Waals surface area contributed by atoms with E-state index in [4.69, 9.17) is 16.0 Å². The number of benzene rings is 1. The molecule has 0 fully saturated rings. The zero-order valence-corrected chi connectivity index (χ0v) is 7.82. The van der Waals surface area contributed by atoms with Crippen molar-refractivity contribution < 1.29 is 22.3 Å². The van der Waals surface area contributed by atoms with E-state index in [-0.39, 0.29) is 10.6 Å². The lowest BCUT2D eigenvalue weighted by atomic mass is 10.2. The lowest BCUT2D eigenvalue weighted by Crippen LogP contribution is -2.17. The van der Waals surface area contributed by atoms with Gasteiger partial charge in [0.1, 0.15) is 5.75 Å². The molecular weight excluding hydrogens is 233 g/mol. The summed E-state index contributed by atoms with van der Waals surface area (Å²) >= 11 is 5.67. The van der Waals surface area contributed by atoms with Crippen LogP contribution in [-0.4, -0.2) is 6.36 Å². The van der Waals surface area contributed by atoms with Crippen LogP contribution in [0.4, 0.5) is 13.2 Å². The van der Waals surface area contributed by atoms with Gasteiger partial charge in [0.05, 0.1) is 11.3 Å². The topological polar surface area (TPSA) is 22.4 Å². The molecule has 0 bridgehead atoms. The maximum Gasteiger partial charge on any atom is 0.573 e. The Morgan fingerprint density at radius 3 is 2.73 bits per heavy atom. The van der Waals surface area contributed by atoms with Crippen molar-refractivity contribution in [2.45, 2.75) is 6.36 Å². The summed E-state index contributed by atoms with van der Waals surface area (Å²) in [6.45, 7) is 0. The predicted octanol–water partition coefficient (Wildman–Crippen LogP) is 3.78. The Balaban J connectivity index is 2.45. The van der Waals surface area contributed by atoms with Gasteiger partial charge >= 0.3 is 6.36 Å². The van der Waals surface area contributed by atoms with Crippen molar-refractivity contribution in [2.24, 2.45) is 0 Å². The van der Waals surface area contributed by atoms with Crippen LogP contribution in [0.15, 0.2) is 22.8 Å². The van der Waals surface area contributed by atoms with Gasteiger partial charge < -0.3 is 9.15 Å². The summed E-state index contributed by atoms with van der Waals surface area (Å²) in [5, 5.41) is 0.384. The van der Waals surface area contributed by atoms with Gasteiger partial charge in [0.2, 0.25) is 0 Å². The van der Waals surface area contributed by atoms with Crippen LogP contribution in [-0.2, 0) is 0 Å². The highest BCUT2D eigenvalue weighted by Gasteiger charge is 2.31. The fourth-order valence-electron chi connectivity index (χ4n) is 1.14. The lowest BCUT2D eigenvalue weighted by molar-refractivity contribution is -0.274. The number of ether oxygens (including phenoxy) is 1. The Morgan fingerprint density at radius 2 is 2.07 bits per heavy atom. The summed E-state index contributed by atoms with van der Waals surface area (Å²) < 4.78 is 44.3. The Hall–Kier alpha value is -1.36. The van der Waals surface area contributed by atoms with E-state index in [0.29, 0.717) is 5.39 Å². The Bertz CT molecular complexity index is 490. The Morgan fingerprint density at radius 1 is 1.33 bits per heavy atom. The number of alkyl halides is 3. The summed E-state index contributed by atoms with van der Waals surface area (Å²) in [5.74, 6) is -0.391. The average molecular weight is 236 g/mol. The van der Waals surface area contributed by atoms with Crippen LogP contribution in [0.25, 0.3) is 11.0 Å². The van der Waals surface area contributed by atoms with E-state index < -0.39 is 12.1 Å². The molecule has 0 amide bonds. The van der Waals surface area contributed by atoms with Crippen LogP contribution in [0, 0.1) is 6.07 Å². The van der Waals surface area contributed by atoms with Gasteiger partial charge in [-0.2, -0.15) is 0 Å². The number of rotatable bonds is 1. The summed E-state index contributed by atoms with van der Waals surface area (Å²) in [5.41, 5.74) is 0.284. The molecule has 0 aliphatic rings. The van der Waals surface area contributed by atoms with Gasteiger partial charge in [-0.25, -0.2) is 0 Å². The van der Waals surface area contributed by atoms with Crippen molar-refractivity contribution in [2.75, 3.05) is 0 Å². The molecule has 79 valence electrons. The molecule has 0 N–H and O–H groups in total. The smallest absolute Gasteiger partial charge is 0.462 e. The van der Waals surface area contributed by atoms with Crippen LogP contribution < -0.4 is 4.74 Å². The van der Waals surface area contributed by atoms with Crippen LogP contribution in [0.5, 0.6) is 5.75 Å². The highest BCUT2D eigenvalue weighted by molar-refractivity contribution is 6.35. The van der Waals surface area contributed by atoms with Crippen LogP contribution in [0.3, 0.4) is 0 Å². The second-order valence-electron chi connectivity index (χ2n) is 2.71. The van der Waals surface area contributed by atoms with Gasteiger partial charge in [-0.1, -0.05) is 11.6 Å². The third-order valence-electron chi connectivity index (χ3n) is 1.64. The number of halogens is 4. The monoisotopic (exact) mass is 235 g/mol. The van der Waals surface area contributed by atoms with Gasteiger partial charge in [0.15, 0.2) is 5.58 Å². The normalized spacial score (nSPS) is 12.0. The quantitative estimate of drug-likeness (QED) is 0.750. The van der Waals surface area contributed by atoms with E-state index in [0.717, 1.165) is 12.1 Å². The minimum absolute atomic E-state index is 0.0491. The second-order valence-corrected chi connectivity index (χ2v) is 3.12. The zero-order valence-electron chi connectivity index (χ0n) is 7.06. The van der Waals surface area contributed by atoms with Crippen molar-refractivity contribution in [3.63, 3.8) is 0 Å². The molecule has 15 heavy (non-hydrogen) atoms. The van der Waals surface area contributed by atoms with E-state index in [1.165, 1.54) is 6.26 Å². The molecule has 2 aromatic rings. The fraction of sp³-hybridized carbons (Fsp3) is 0.111. The van der Waals surface area contributed by atoms with E-state index in [1.54, 1.807) is 0 Å². The van der Waals surface area contributed by atoms with Crippen LogP contribution in [0.2, 0.25) is 5.02 Å². The third kappa shape index (κ3) is 2.18. The summed E-state index contributed by atoms with van der Waals surface area (Å²) in [6.07, 6.45) is -3.52. The van der Waals surface area contributed by atoms with Crippen molar-refractivity contribution in [3.05, 3.63) is 29.5 Å². The molecule has 0 aliphatic heterocycles. The van der Waals surface area contributed by atoms with E-state index >= 15 is 0 Å². The van der Waals surface area contributed by atoms with Gasteiger partial charge in [0.25, 0.3) is 0 Å². The minimum Gasteiger partial charge on any atom is -0.462 e. The van der Waals surface area contributed by atoms with Gasteiger partial charge in [-0.15, -0.1) is 13.2 Å². The van der Waals surface area contributed by atoms with Crippen LogP contribution >= 0.6 is 11.6 Å². The molecule has 0 atom stereocenters.